The van der Waals surface area contributed by atoms with Crippen molar-refractivity contribution in [3.05, 3.63) is 64.5 Å². The van der Waals surface area contributed by atoms with Crippen molar-refractivity contribution in [2.24, 2.45) is 0 Å². The summed E-state index contributed by atoms with van der Waals surface area (Å²) in [5.41, 5.74) is 1.64. The van der Waals surface area contributed by atoms with Gasteiger partial charge in [0.25, 0.3) is 0 Å². The van der Waals surface area contributed by atoms with Gasteiger partial charge in [-0.25, -0.2) is 14.5 Å². The van der Waals surface area contributed by atoms with Gasteiger partial charge in [0.15, 0.2) is 5.75 Å². The first kappa shape index (κ1) is 18.2. The molecule has 6 nitrogen and oxygen atoms in total. The fourth-order valence-corrected chi connectivity index (χ4v) is 2.63. The molecule has 0 saturated carbocycles. The van der Waals surface area contributed by atoms with Crippen molar-refractivity contribution < 1.29 is 9.53 Å². The topological polar surface area (TPSA) is 69.0 Å². The predicted molar refractivity (Wildman–Crippen MR) is 101 cm³/mol. The van der Waals surface area contributed by atoms with Crippen LogP contribution in [0, 0.1) is 0 Å². The molecule has 0 bridgehead atoms. The van der Waals surface area contributed by atoms with E-state index >= 15 is 0 Å². The molecular formula is C18H16Cl2N4O2. The largest absolute Gasteiger partial charge is 0.418 e. The average Bonchev–Trinajstić information content (AvgIpc) is 3.00. The number of carbonyl (C=O) groups is 1. The predicted octanol–water partition coefficient (Wildman–Crippen LogP) is 5.14. The number of rotatable bonds is 5. The lowest BCUT2D eigenvalue weighted by Gasteiger charge is -2.10. The Hall–Kier alpha value is -2.57. The monoisotopic (exact) mass is 390 g/mol. The van der Waals surface area contributed by atoms with E-state index in [0.29, 0.717) is 28.0 Å². The number of hydrogen-bond donors (Lipinski definition) is 1. The Morgan fingerprint density at radius 2 is 1.85 bits per heavy atom. The Labute approximate surface area is 160 Å². The summed E-state index contributed by atoms with van der Waals surface area (Å²) in [6.07, 6.45) is 3.89. The van der Waals surface area contributed by atoms with Gasteiger partial charge in [-0.3, -0.25) is 5.32 Å². The van der Waals surface area contributed by atoms with Crippen molar-refractivity contribution in [3.63, 3.8) is 0 Å². The van der Waals surface area contributed by atoms with Gasteiger partial charge in [-0.1, -0.05) is 36.5 Å². The number of hydrogen-bond acceptors (Lipinski definition) is 4. The molecular weight excluding hydrogens is 375 g/mol. The van der Waals surface area contributed by atoms with Gasteiger partial charge in [0.05, 0.1) is 22.6 Å². The molecule has 0 atom stereocenters. The third-order valence-corrected chi connectivity index (χ3v) is 4.02. The van der Waals surface area contributed by atoms with E-state index in [-0.39, 0.29) is 0 Å². The van der Waals surface area contributed by atoms with Crippen LogP contribution in [0.5, 0.6) is 5.75 Å². The molecule has 0 aliphatic carbocycles. The lowest BCUT2D eigenvalue weighted by Crippen LogP contribution is -2.18. The second-order valence-electron chi connectivity index (χ2n) is 5.47. The molecule has 0 spiro atoms. The average molecular weight is 391 g/mol. The van der Waals surface area contributed by atoms with Gasteiger partial charge in [-0.05, 0) is 42.8 Å². The smallest absolute Gasteiger partial charge is 0.406 e. The van der Waals surface area contributed by atoms with Crippen LogP contribution in [0.3, 0.4) is 0 Å². The second-order valence-corrected chi connectivity index (χ2v) is 6.34. The number of benzene rings is 1. The molecule has 3 rings (SSSR count). The van der Waals surface area contributed by atoms with Crippen LogP contribution in [-0.2, 0) is 6.42 Å². The Balaban J connectivity index is 1.79. The molecule has 0 unspecified atom stereocenters. The first-order valence-electron chi connectivity index (χ1n) is 8.00. The number of anilines is 1. The van der Waals surface area contributed by atoms with E-state index in [9.17, 15) is 4.79 Å². The highest BCUT2D eigenvalue weighted by Crippen LogP contribution is 2.24. The van der Waals surface area contributed by atoms with E-state index in [1.807, 2.05) is 19.1 Å². The number of aromatic nitrogens is 3. The van der Waals surface area contributed by atoms with E-state index in [2.05, 4.69) is 15.4 Å². The van der Waals surface area contributed by atoms with E-state index < -0.39 is 6.09 Å². The molecule has 3 aromatic rings. The minimum atomic E-state index is -0.646. The molecule has 26 heavy (non-hydrogen) atoms. The highest BCUT2D eigenvalue weighted by Gasteiger charge is 2.16. The van der Waals surface area contributed by atoms with E-state index in [1.54, 1.807) is 28.9 Å². The molecule has 2 aromatic heterocycles. The van der Waals surface area contributed by atoms with Crippen molar-refractivity contribution in [2.45, 2.75) is 19.8 Å². The van der Waals surface area contributed by atoms with E-state index in [4.69, 9.17) is 27.9 Å². The molecule has 0 aliphatic heterocycles. The summed E-state index contributed by atoms with van der Waals surface area (Å²) in [6, 6.07) is 10.5. The first-order valence-corrected chi connectivity index (χ1v) is 8.75. The van der Waals surface area contributed by atoms with Crippen LogP contribution in [0.25, 0.3) is 5.69 Å². The Morgan fingerprint density at radius 1 is 1.12 bits per heavy atom. The fourth-order valence-electron chi connectivity index (χ4n) is 2.39. The molecule has 1 aromatic carbocycles. The van der Waals surface area contributed by atoms with Crippen LogP contribution >= 0.6 is 23.2 Å². The van der Waals surface area contributed by atoms with Gasteiger partial charge in [0, 0.05) is 11.2 Å². The summed E-state index contributed by atoms with van der Waals surface area (Å²) in [5, 5.41) is 8.03. The SMILES string of the molecule is CCCc1c(OC(=O)Nc2ccc(Cl)cn2)cnn1-c1ccc(Cl)cc1. The number of nitrogens with zero attached hydrogens (tertiary/aromatic N) is 3. The maximum atomic E-state index is 12.2. The Kier molecular flexibility index (Phi) is 5.75. The third kappa shape index (κ3) is 4.33. The fraction of sp³-hybridized carbons (Fsp3) is 0.167. The lowest BCUT2D eigenvalue weighted by molar-refractivity contribution is 0.214. The minimum Gasteiger partial charge on any atom is -0.406 e. The normalized spacial score (nSPS) is 10.6. The van der Waals surface area contributed by atoms with Gasteiger partial charge in [-0.2, -0.15) is 5.10 Å². The van der Waals surface area contributed by atoms with Crippen molar-refractivity contribution in [2.75, 3.05) is 5.32 Å². The standard InChI is InChI=1S/C18H16Cl2N4O2/c1-2-3-15-16(11-22-24(15)14-7-4-12(19)5-8-14)26-18(25)23-17-9-6-13(20)10-21-17/h4-11H,2-3H2,1H3,(H,21,23,25). The summed E-state index contributed by atoms with van der Waals surface area (Å²) in [5.74, 6) is 0.745. The number of nitrogens with one attached hydrogen (secondary N) is 1. The maximum absolute atomic E-state index is 12.2. The number of halogens is 2. The van der Waals surface area contributed by atoms with Crippen molar-refractivity contribution in [3.8, 4) is 11.4 Å². The minimum absolute atomic E-state index is 0.349. The summed E-state index contributed by atoms with van der Waals surface area (Å²) in [6.45, 7) is 2.04. The van der Waals surface area contributed by atoms with Crippen molar-refractivity contribution in [1.29, 1.82) is 0 Å². The molecule has 2 heterocycles. The van der Waals surface area contributed by atoms with E-state index in [1.165, 1.54) is 12.4 Å². The number of ether oxygens (including phenoxy) is 1. The summed E-state index contributed by atoms with van der Waals surface area (Å²) < 4.78 is 7.16. The Bertz CT molecular complexity index is 893. The molecule has 0 radical (unpaired) electrons. The van der Waals surface area contributed by atoms with Crippen molar-refractivity contribution >= 4 is 35.1 Å². The van der Waals surface area contributed by atoms with Crippen LogP contribution in [-0.4, -0.2) is 20.9 Å². The summed E-state index contributed by atoms with van der Waals surface area (Å²) in [7, 11) is 0. The van der Waals surface area contributed by atoms with Gasteiger partial charge in [-0.15, -0.1) is 0 Å². The van der Waals surface area contributed by atoms with Gasteiger partial charge < -0.3 is 4.74 Å². The zero-order chi connectivity index (χ0) is 18.5. The second kappa shape index (κ2) is 8.21. The van der Waals surface area contributed by atoms with Gasteiger partial charge in [0.2, 0.25) is 0 Å². The van der Waals surface area contributed by atoms with Gasteiger partial charge in [0.1, 0.15) is 5.82 Å². The molecule has 0 fully saturated rings. The van der Waals surface area contributed by atoms with Crippen LogP contribution in [0.15, 0.2) is 48.8 Å². The Morgan fingerprint density at radius 3 is 2.50 bits per heavy atom. The third-order valence-electron chi connectivity index (χ3n) is 3.55. The zero-order valence-electron chi connectivity index (χ0n) is 13.9. The molecule has 1 N–H and O–H groups in total. The number of pyridine rings is 1. The number of amides is 1. The molecule has 0 aliphatic rings. The molecule has 8 heteroatoms. The first-order chi connectivity index (χ1) is 12.6. The van der Waals surface area contributed by atoms with Gasteiger partial charge >= 0.3 is 6.09 Å². The molecule has 0 saturated heterocycles. The lowest BCUT2D eigenvalue weighted by atomic mass is 10.2. The highest BCUT2D eigenvalue weighted by atomic mass is 35.5. The summed E-state index contributed by atoms with van der Waals surface area (Å²) >= 11 is 11.7. The zero-order valence-corrected chi connectivity index (χ0v) is 15.5. The van der Waals surface area contributed by atoms with Crippen LogP contribution in [0.4, 0.5) is 10.6 Å². The van der Waals surface area contributed by atoms with Crippen molar-refractivity contribution in [1.82, 2.24) is 14.8 Å². The molecule has 134 valence electrons. The molecule has 1 amide bonds. The van der Waals surface area contributed by atoms with E-state index in [0.717, 1.165) is 17.8 Å². The number of carbonyl (C=O) groups excluding carboxylic acids is 1. The van der Waals surface area contributed by atoms with Crippen LogP contribution in [0.2, 0.25) is 10.0 Å². The van der Waals surface area contributed by atoms with Crippen LogP contribution < -0.4 is 10.1 Å². The van der Waals surface area contributed by atoms with Crippen LogP contribution in [0.1, 0.15) is 19.0 Å². The quantitative estimate of drug-likeness (QED) is 0.654. The summed E-state index contributed by atoms with van der Waals surface area (Å²) in [4.78, 5) is 16.2. The highest BCUT2D eigenvalue weighted by molar-refractivity contribution is 6.30. The maximum Gasteiger partial charge on any atom is 0.418 e.